The van der Waals surface area contributed by atoms with E-state index >= 15 is 0 Å². The van der Waals surface area contributed by atoms with Gasteiger partial charge in [-0.25, -0.2) is 0 Å². The van der Waals surface area contributed by atoms with Gasteiger partial charge < -0.3 is 10.4 Å². The van der Waals surface area contributed by atoms with Gasteiger partial charge in [0.1, 0.15) is 0 Å². The van der Waals surface area contributed by atoms with Crippen LogP contribution in [-0.4, -0.2) is 23.8 Å². The molecule has 0 saturated heterocycles. The van der Waals surface area contributed by atoms with Crippen LogP contribution < -0.4 is 5.32 Å². The highest BCUT2D eigenvalue weighted by Gasteiger charge is 2.13. The van der Waals surface area contributed by atoms with Gasteiger partial charge in [0.05, 0.1) is 6.61 Å². The Hall–Kier alpha value is -0.0800. The van der Waals surface area contributed by atoms with E-state index in [1.807, 2.05) is 6.92 Å². The lowest BCUT2D eigenvalue weighted by atomic mass is 10.1. The van der Waals surface area contributed by atoms with Crippen molar-refractivity contribution in [2.75, 3.05) is 6.61 Å². The average molecular weight is 171 g/mol. The molecule has 1 rings (SSSR count). The molecule has 0 unspecified atom stereocenters. The molecule has 2 N–H and O–H groups in total. The summed E-state index contributed by atoms with van der Waals surface area (Å²) in [6, 6.07) is 0.933. The first-order valence-corrected chi connectivity index (χ1v) is 5.20. The van der Waals surface area contributed by atoms with Gasteiger partial charge in [0.15, 0.2) is 0 Å². The molecule has 0 aliphatic heterocycles. The van der Waals surface area contributed by atoms with Crippen LogP contribution in [0.5, 0.6) is 0 Å². The molecule has 0 spiro atoms. The molecule has 1 fully saturated rings. The summed E-state index contributed by atoms with van der Waals surface area (Å²) in [7, 11) is 0. The topological polar surface area (TPSA) is 32.3 Å². The monoisotopic (exact) mass is 171 g/mol. The van der Waals surface area contributed by atoms with Crippen molar-refractivity contribution < 1.29 is 5.11 Å². The van der Waals surface area contributed by atoms with Gasteiger partial charge in [-0.1, -0.05) is 25.7 Å². The minimum Gasteiger partial charge on any atom is -0.395 e. The van der Waals surface area contributed by atoms with Crippen LogP contribution in [0.3, 0.4) is 0 Å². The van der Waals surface area contributed by atoms with Crippen molar-refractivity contribution in [3.05, 3.63) is 0 Å². The maximum Gasteiger partial charge on any atom is 0.0582 e. The van der Waals surface area contributed by atoms with Gasteiger partial charge in [0, 0.05) is 12.1 Å². The second kappa shape index (κ2) is 5.55. The van der Waals surface area contributed by atoms with Gasteiger partial charge in [-0.15, -0.1) is 0 Å². The van der Waals surface area contributed by atoms with E-state index in [0.29, 0.717) is 6.04 Å². The van der Waals surface area contributed by atoms with E-state index in [2.05, 4.69) is 5.32 Å². The number of aliphatic hydroxyl groups is 1. The lowest BCUT2D eigenvalue weighted by molar-refractivity contribution is 0.236. The Morgan fingerprint density at radius 1 is 1.25 bits per heavy atom. The van der Waals surface area contributed by atoms with Crippen LogP contribution in [0, 0.1) is 0 Å². The second-order valence-electron chi connectivity index (χ2n) is 3.94. The highest BCUT2D eigenvalue weighted by Crippen LogP contribution is 2.17. The minimum absolute atomic E-state index is 0.260. The van der Waals surface area contributed by atoms with Crippen molar-refractivity contribution in [3.63, 3.8) is 0 Å². The molecule has 1 aliphatic carbocycles. The van der Waals surface area contributed by atoms with Crippen LogP contribution in [0.15, 0.2) is 0 Å². The van der Waals surface area contributed by atoms with Crippen molar-refractivity contribution in [3.8, 4) is 0 Å². The first-order chi connectivity index (χ1) is 5.83. The van der Waals surface area contributed by atoms with Gasteiger partial charge in [-0.3, -0.25) is 0 Å². The first kappa shape index (κ1) is 10.0. The van der Waals surface area contributed by atoms with E-state index in [0.717, 1.165) is 0 Å². The zero-order chi connectivity index (χ0) is 8.81. The molecule has 1 atom stereocenters. The molecule has 0 amide bonds. The second-order valence-corrected chi connectivity index (χ2v) is 3.94. The van der Waals surface area contributed by atoms with Crippen LogP contribution in [0.2, 0.25) is 0 Å². The van der Waals surface area contributed by atoms with Crippen molar-refractivity contribution in [2.45, 2.75) is 57.5 Å². The summed E-state index contributed by atoms with van der Waals surface area (Å²) < 4.78 is 0. The highest BCUT2D eigenvalue weighted by atomic mass is 16.3. The predicted octanol–water partition coefficient (Wildman–Crippen LogP) is 1.68. The molecule has 0 aromatic rings. The summed E-state index contributed by atoms with van der Waals surface area (Å²) in [4.78, 5) is 0. The van der Waals surface area contributed by atoms with Crippen molar-refractivity contribution in [2.24, 2.45) is 0 Å². The van der Waals surface area contributed by atoms with Gasteiger partial charge in [-0.05, 0) is 19.8 Å². The maximum absolute atomic E-state index is 8.87. The Kier molecular flexibility index (Phi) is 4.62. The van der Waals surface area contributed by atoms with Crippen LogP contribution in [0.1, 0.15) is 45.4 Å². The predicted molar refractivity (Wildman–Crippen MR) is 51.2 cm³/mol. The SMILES string of the molecule is C[C@@H](CO)NC1CCCCCC1. The molecule has 12 heavy (non-hydrogen) atoms. The Bertz CT molecular complexity index is 108. The van der Waals surface area contributed by atoms with Crippen LogP contribution >= 0.6 is 0 Å². The van der Waals surface area contributed by atoms with Crippen LogP contribution in [-0.2, 0) is 0 Å². The van der Waals surface area contributed by atoms with E-state index in [1.54, 1.807) is 0 Å². The third-order valence-electron chi connectivity index (χ3n) is 2.65. The fraction of sp³-hybridized carbons (Fsp3) is 1.00. The number of nitrogens with one attached hydrogen (secondary N) is 1. The Balaban J connectivity index is 2.20. The zero-order valence-corrected chi connectivity index (χ0v) is 8.05. The summed E-state index contributed by atoms with van der Waals surface area (Å²) in [6.07, 6.45) is 8.09. The number of rotatable bonds is 3. The van der Waals surface area contributed by atoms with Crippen molar-refractivity contribution >= 4 is 0 Å². The molecule has 2 heteroatoms. The van der Waals surface area contributed by atoms with Gasteiger partial charge in [-0.2, -0.15) is 0 Å². The summed E-state index contributed by atoms with van der Waals surface area (Å²) in [5, 5.41) is 12.3. The molecular formula is C10H21NO. The molecule has 1 aliphatic rings. The van der Waals surface area contributed by atoms with E-state index in [1.165, 1.54) is 38.5 Å². The van der Waals surface area contributed by atoms with E-state index in [-0.39, 0.29) is 12.6 Å². The standard InChI is InChI=1S/C10H21NO/c1-9(8-12)11-10-6-4-2-3-5-7-10/h9-12H,2-8H2,1H3/t9-/m0/s1. The lowest BCUT2D eigenvalue weighted by Crippen LogP contribution is -2.38. The van der Waals surface area contributed by atoms with Crippen molar-refractivity contribution in [1.29, 1.82) is 0 Å². The van der Waals surface area contributed by atoms with Crippen molar-refractivity contribution in [1.82, 2.24) is 5.32 Å². The quantitative estimate of drug-likeness (QED) is 0.633. The van der Waals surface area contributed by atoms with Gasteiger partial charge in [0.25, 0.3) is 0 Å². The molecule has 2 nitrogen and oxygen atoms in total. The third kappa shape index (κ3) is 3.55. The van der Waals surface area contributed by atoms with E-state index in [4.69, 9.17) is 5.11 Å². The Morgan fingerprint density at radius 3 is 2.33 bits per heavy atom. The third-order valence-corrected chi connectivity index (χ3v) is 2.65. The Morgan fingerprint density at radius 2 is 1.83 bits per heavy atom. The Labute approximate surface area is 75.4 Å². The molecule has 0 bridgehead atoms. The molecular weight excluding hydrogens is 150 g/mol. The molecule has 0 radical (unpaired) electrons. The van der Waals surface area contributed by atoms with Gasteiger partial charge >= 0.3 is 0 Å². The van der Waals surface area contributed by atoms with Crippen LogP contribution in [0.4, 0.5) is 0 Å². The summed E-state index contributed by atoms with van der Waals surface area (Å²) in [5.41, 5.74) is 0. The van der Waals surface area contributed by atoms with E-state index < -0.39 is 0 Å². The lowest BCUT2D eigenvalue weighted by Gasteiger charge is -2.20. The maximum atomic E-state index is 8.87. The summed E-state index contributed by atoms with van der Waals surface area (Å²) in [6.45, 7) is 2.31. The first-order valence-electron chi connectivity index (χ1n) is 5.20. The van der Waals surface area contributed by atoms with Gasteiger partial charge in [0.2, 0.25) is 0 Å². The minimum atomic E-state index is 0.260. The normalized spacial score (nSPS) is 23.5. The molecule has 0 aromatic carbocycles. The zero-order valence-electron chi connectivity index (χ0n) is 8.05. The van der Waals surface area contributed by atoms with E-state index in [9.17, 15) is 0 Å². The molecule has 0 heterocycles. The highest BCUT2D eigenvalue weighted by molar-refractivity contribution is 4.73. The number of aliphatic hydroxyl groups excluding tert-OH is 1. The summed E-state index contributed by atoms with van der Waals surface area (Å²) in [5.74, 6) is 0. The van der Waals surface area contributed by atoms with Crippen LogP contribution in [0.25, 0.3) is 0 Å². The fourth-order valence-electron chi connectivity index (χ4n) is 1.90. The average Bonchev–Trinajstić information content (AvgIpc) is 2.33. The largest absolute Gasteiger partial charge is 0.395 e. The molecule has 72 valence electrons. The smallest absolute Gasteiger partial charge is 0.0582 e. The summed E-state index contributed by atoms with van der Waals surface area (Å²) >= 11 is 0. The fourth-order valence-corrected chi connectivity index (χ4v) is 1.90. The number of hydrogen-bond donors (Lipinski definition) is 2. The molecule has 0 aromatic heterocycles. The number of hydrogen-bond acceptors (Lipinski definition) is 2. The molecule has 1 saturated carbocycles.